The van der Waals surface area contributed by atoms with Crippen LogP contribution in [-0.4, -0.2) is 27.1 Å². The molecule has 0 spiro atoms. The molecule has 1 heterocycles. The number of hydrogen-bond donors (Lipinski definition) is 3. The Morgan fingerprint density at radius 1 is 1.09 bits per heavy atom. The maximum absolute atomic E-state index is 11.3. The van der Waals surface area contributed by atoms with Crippen LogP contribution in [0.1, 0.15) is 42.5 Å². The van der Waals surface area contributed by atoms with Gasteiger partial charge in [0.15, 0.2) is 0 Å². The molecule has 6 nitrogen and oxygen atoms in total. The Morgan fingerprint density at radius 3 is 2.61 bits per heavy atom. The lowest BCUT2D eigenvalue weighted by Crippen LogP contribution is -2.22. The van der Waals surface area contributed by atoms with Gasteiger partial charge in [-0.2, -0.15) is 0 Å². The first-order valence-electron chi connectivity index (χ1n) is 7.90. The highest BCUT2D eigenvalue weighted by Crippen LogP contribution is 2.23. The summed E-state index contributed by atoms with van der Waals surface area (Å²) in [6.45, 7) is 0. The number of benzene rings is 1. The molecular weight excluding hydrogens is 292 g/mol. The average Bonchev–Trinajstić information content (AvgIpc) is 2.56. The number of aromatic carboxylic acids is 1. The number of carbonyl (C=O) groups is 1. The van der Waals surface area contributed by atoms with Gasteiger partial charge in [0.25, 0.3) is 0 Å². The number of carboxylic acid groups (broad SMARTS) is 1. The zero-order valence-corrected chi connectivity index (χ0v) is 12.8. The van der Waals surface area contributed by atoms with Gasteiger partial charge in [-0.3, -0.25) is 0 Å². The number of hydrogen-bond acceptors (Lipinski definition) is 5. The van der Waals surface area contributed by atoms with E-state index in [4.69, 9.17) is 0 Å². The van der Waals surface area contributed by atoms with Crippen molar-refractivity contribution < 1.29 is 9.90 Å². The van der Waals surface area contributed by atoms with Gasteiger partial charge in [-0.15, -0.1) is 0 Å². The van der Waals surface area contributed by atoms with E-state index >= 15 is 0 Å². The molecule has 0 atom stereocenters. The number of nitrogens with zero attached hydrogens (tertiary/aromatic N) is 2. The van der Waals surface area contributed by atoms with E-state index in [0.29, 0.717) is 17.5 Å². The Hall–Kier alpha value is -2.63. The summed E-state index contributed by atoms with van der Waals surface area (Å²) >= 11 is 0. The van der Waals surface area contributed by atoms with E-state index in [1.165, 1.54) is 25.6 Å². The van der Waals surface area contributed by atoms with Crippen molar-refractivity contribution in [3.05, 3.63) is 42.2 Å². The van der Waals surface area contributed by atoms with E-state index in [0.717, 1.165) is 18.7 Å². The fourth-order valence-corrected chi connectivity index (χ4v) is 2.88. The summed E-state index contributed by atoms with van der Waals surface area (Å²) in [5.74, 6) is 0.372. The number of aromatic nitrogens is 2. The van der Waals surface area contributed by atoms with Gasteiger partial charge >= 0.3 is 5.97 Å². The zero-order chi connectivity index (χ0) is 16.1. The first-order valence-corrected chi connectivity index (χ1v) is 7.90. The van der Waals surface area contributed by atoms with Crippen molar-refractivity contribution in [1.82, 2.24) is 9.97 Å². The van der Waals surface area contributed by atoms with Crippen molar-refractivity contribution in [1.29, 1.82) is 0 Å². The molecule has 1 aromatic heterocycles. The zero-order valence-electron chi connectivity index (χ0n) is 12.8. The number of rotatable bonds is 5. The summed E-state index contributed by atoms with van der Waals surface area (Å²) < 4.78 is 0. The third kappa shape index (κ3) is 3.97. The van der Waals surface area contributed by atoms with Gasteiger partial charge in [0, 0.05) is 12.1 Å². The second-order valence-electron chi connectivity index (χ2n) is 5.74. The van der Waals surface area contributed by atoms with Crippen LogP contribution >= 0.6 is 0 Å². The molecule has 0 bridgehead atoms. The standard InChI is InChI=1S/C17H20N4O2/c22-17(23)13-8-4-5-9-14(13)21-16-10-15(18-11-19-16)20-12-6-2-1-3-7-12/h4-5,8-12H,1-3,6-7H2,(H,22,23)(H2,18,19,20,21). The van der Waals surface area contributed by atoms with Crippen molar-refractivity contribution in [2.75, 3.05) is 10.6 Å². The lowest BCUT2D eigenvalue weighted by molar-refractivity contribution is 0.0698. The predicted molar refractivity (Wildman–Crippen MR) is 89.2 cm³/mol. The van der Waals surface area contributed by atoms with E-state index in [9.17, 15) is 9.90 Å². The monoisotopic (exact) mass is 312 g/mol. The van der Waals surface area contributed by atoms with Crippen molar-refractivity contribution in [3.8, 4) is 0 Å². The van der Waals surface area contributed by atoms with Gasteiger partial charge in [0.05, 0.1) is 11.3 Å². The summed E-state index contributed by atoms with van der Waals surface area (Å²) in [5.41, 5.74) is 0.732. The summed E-state index contributed by atoms with van der Waals surface area (Å²) in [6.07, 6.45) is 7.61. The molecule has 1 aliphatic rings. The van der Waals surface area contributed by atoms with E-state index in [1.54, 1.807) is 24.3 Å². The maximum Gasteiger partial charge on any atom is 0.337 e. The maximum atomic E-state index is 11.3. The van der Waals surface area contributed by atoms with Crippen molar-refractivity contribution in [2.45, 2.75) is 38.1 Å². The highest BCUT2D eigenvalue weighted by molar-refractivity contribution is 5.95. The lowest BCUT2D eigenvalue weighted by Gasteiger charge is -2.23. The van der Waals surface area contributed by atoms with Crippen LogP contribution in [0.15, 0.2) is 36.7 Å². The van der Waals surface area contributed by atoms with Crippen LogP contribution in [-0.2, 0) is 0 Å². The second-order valence-corrected chi connectivity index (χ2v) is 5.74. The van der Waals surface area contributed by atoms with Crippen molar-refractivity contribution in [2.24, 2.45) is 0 Å². The van der Waals surface area contributed by atoms with Gasteiger partial charge < -0.3 is 15.7 Å². The van der Waals surface area contributed by atoms with Crippen LogP contribution in [0.3, 0.4) is 0 Å². The number of anilines is 3. The van der Waals surface area contributed by atoms with Crippen LogP contribution in [0.4, 0.5) is 17.3 Å². The van der Waals surface area contributed by atoms with Crippen LogP contribution in [0, 0.1) is 0 Å². The SMILES string of the molecule is O=C(O)c1ccccc1Nc1cc(NC2CCCCC2)ncn1. The molecule has 120 valence electrons. The van der Waals surface area contributed by atoms with E-state index in [2.05, 4.69) is 20.6 Å². The first kappa shape index (κ1) is 15.3. The van der Waals surface area contributed by atoms with Gasteiger partial charge in [0.2, 0.25) is 0 Å². The Bertz CT molecular complexity index is 684. The molecule has 1 saturated carbocycles. The number of para-hydroxylation sites is 1. The summed E-state index contributed by atoms with van der Waals surface area (Å²) in [6, 6.07) is 9.04. The molecule has 23 heavy (non-hydrogen) atoms. The minimum atomic E-state index is -0.970. The third-order valence-corrected chi connectivity index (χ3v) is 4.04. The molecule has 3 N–H and O–H groups in total. The van der Waals surface area contributed by atoms with E-state index in [-0.39, 0.29) is 5.56 Å². The molecule has 0 saturated heterocycles. The molecule has 0 radical (unpaired) electrons. The topological polar surface area (TPSA) is 87.1 Å². The average molecular weight is 312 g/mol. The Morgan fingerprint density at radius 2 is 1.83 bits per heavy atom. The molecule has 0 amide bonds. The molecule has 1 fully saturated rings. The molecule has 1 aliphatic carbocycles. The van der Waals surface area contributed by atoms with Gasteiger partial charge in [-0.1, -0.05) is 31.4 Å². The van der Waals surface area contributed by atoms with Gasteiger partial charge in [-0.25, -0.2) is 14.8 Å². The smallest absolute Gasteiger partial charge is 0.337 e. The van der Waals surface area contributed by atoms with Crippen LogP contribution in [0.25, 0.3) is 0 Å². The fraction of sp³-hybridized carbons (Fsp3) is 0.353. The molecular formula is C17H20N4O2. The quantitative estimate of drug-likeness (QED) is 0.781. The van der Waals surface area contributed by atoms with E-state index < -0.39 is 5.97 Å². The molecule has 0 unspecified atom stereocenters. The normalized spacial score (nSPS) is 15.1. The third-order valence-electron chi connectivity index (χ3n) is 4.04. The highest BCUT2D eigenvalue weighted by atomic mass is 16.4. The molecule has 0 aliphatic heterocycles. The summed E-state index contributed by atoms with van der Waals surface area (Å²) in [5, 5.41) is 15.7. The second kappa shape index (κ2) is 7.09. The largest absolute Gasteiger partial charge is 0.478 e. The Labute approximate surface area is 135 Å². The first-order chi connectivity index (χ1) is 11.2. The molecule has 3 rings (SSSR count). The van der Waals surface area contributed by atoms with Crippen molar-refractivity contribution >= 4 is 23.3 Å². The highest BCUT2D eigenvalue weighted by Gasteiger charge is 2.14. The van der Waals surface area contributed by atoms with Gasteiger partial charge in [0.1, 0.15) is 18.0 Å². The van der Waals surface area contributed by atoms with Crippen LogP contribution < -0.4 is 10.6 Å². The predicted octanol–water partition coefficient (Wildman–Crippen LogP) is 3.66. The molecule has 6 heteroatoms. The van der Waals surface area contributed by atoms with E-state index in [1.807, 2.05) is 6.07 Å². The number of carboxylic acids is 1. The van der Waals surface area contributed by atoms with Crippen LogP contribution in [0.5, 0.6) is 0 Å². The Kier molecular flexibility index (Phi) is 4.71. The Balaban J connectivity index is 1.74. The minimum Gasteiger partial charge on any atom is -0.478 e. The molecule has 1 aromatic carbocycles. The number of nitrogens with one attached hydrogen (secondary N) is 2. The summed E-state index contributed by atoms with van der Waals surface area (Å²) in [7, 11) is 0. The van der Waals surface area contributed by atoms with Crippen LogP contribution in [0.2, 0.25) is 0 Å². The molecule has 2 aromatic rings. The summed E-state index contributed by atoms with van der Waals surface area (Å²) in [4.78, 5) is 19.7. The van der Waals surface area contributed by atoms with Gasteiger partial charge in [-0.05, 0) is 25.0 Å². The lowest BCUT2D eigenvalue weighted by atomic mass is 9.95. The fourth-order valence-electron chi connectivity index (χ4n) is 2.88. The van der Waals surface area contributed by atoms with Crippen molar-refractivity contribution in [3.63, 3.8) is 0 Å². The minimum absolute atomic E-state index is 0.216.